The van der Waals surface area contributed by atoms with Crippen molar-refractivity contribution >= 4 is 5.69 Å². The molecule has 0 saturated carbocycles. The van der Waals surface area contributed by atoms with Gasteiger partial charge in [-0.2, -0.15) is 0 Å². The summed E-state index contributed by atoms with van der Waals surface area (Å²) < 4.78 is 17.6. The van der Waals surface area contributed by atoms with Crippen molar-refractivity contribution < 1.29 is 9.13 Å². The van der Waals surface area contributed by atoms with Crippen molar-refractivity contribution in [3.05, 3.63) is 29.6 Å². The van der Waals surface area contributed by atoms with Crippen LogP contribution < -0.4 is 11.5 Å². The first-order valence-electron chi connectivity index (χ1n) is 3.94. The summed E-state index contributed by atoms with van der Waals surface area (Å²) in [6.07, 6.45) is 0. The maximum absolute atomic E-state index is 12.8. The van der Waals surface area contributed by atoms with Gasteiger partial charge in [-0.15, -0.1) is 0 Å². The summed E-state index contributed by atoms with van der Waals surface area (Å²) in [5.41, 5.74) is 12.0. The van der Waals surface area contributed by atoms with Gasteiger partial charge in [-0.05, 0) is 17.7 Å². The number of benzene rings is 1. The molecule has 3 nitrogen and oxygen atoms in total. The number of ether oxygens (including phenoxy) is 1. The average Bonchev–Trinajstić information content (AvgIpc) is 2.10. The Morgan fingerprint density at radius 2 is 2.23 bits per heavy atom. The molecule has 0 aromatic heterocycles. The van der Waals surface area contributed by atoms with Crippen molar-refractivity contribution in [2.75, 3.05) is 19.5 Å². The van der Waals surface area contributed by atoms with Crippen LogP contribution >= 0.6 is 0 Å². The van der Waals surface area contributed by atoms with Gasteiger partial charge in [0.25, 0.3) is 0 Å². The van der Waals surface area contributed by atoms with Crippen LogP contribution in [0.15, 0.2) is 18.2 Å². The Hall–Kier alpha value is -1.13. The molecule has 1 aromatic rings. The van der Waals surface area contributed by atoms with Crippen molar-refractivity contribution in [1.29, 1.82) is 0 Å². The van der Waals surface area contributed by atoms with E-state index in [0.29, 0.717) is 6.61 Å². The Morgan fingerprint density at radius 3 is 2.77 bits per heavy atom. The topological polar surface area (TPSA) is 61.3 Å². The summed E-state index contributed by atoms with van der Waals surface area (Å²) in [5.74, 6) is -0.423. The molecule has 0 saturated heterocycles. The molecular formula is C9H13FN2O. The molecule has 0 bridgehead atoms. The third kappa shape index (κ3) is 2.40. The number of halogens is 1. The lowest BCUT2D eigenvalue weighted by Crippen LogP contribution is -2.16. The van der Waals surface area contributed by atoms with E-state index in [9.17, 15) is 4.39 Å². The highest BCUT2D eigenvalue weighted by molar-refractivity contribution is 5.43. The van der Waals surface area contributed by atoms with E-state index in [1.807, 2.05) is 0 Å². The molecule has 0 fully saturated rings. The molecule has 0 unspecified atom stereocenters. The summed E-state index contributed by atoms with van der Waals surface area (Å²) in [7, 11) is 1.56. The van der Waals surface area contributed by atoms with Crippen LogP contribution in [0.25, 0.3) is 0 Å². The normalized spacial score (nSPS) is 12.8. The highest BCUT2D eigenvalue weighted by Crippen LogP contribution is 2.17. The standard InChI is InChI=1S/C9H13FN2O/c1-13-5-9(12)6-2-3-7(10)8(11)4-6/h2-4,9H,5,11-12H2,1H3/t9-/m0/s1. The van der Waals surface area contributed by atoms with Gasteiger partial charge in [0.05, 0.1) is 18.3 Å². The van der Waals surface area contributed by atoms with E-state index in [1.54, 1.807) is 13.2 Å². The molecule has 1 aromatic carbocycles. The van der Waals surface area contributed by atoms with Gasteiger partial charge in [0, 0.05) is 7.11 Å². The number of anilines is 1. The lowest BCUT2D eigenvalue weighted by Gasteiger charge is -2.11. The number of hydrogen-bond donors (Lipinski definition) is 2. The maximum Gasteiger partial charge on any atom is 0.146 e. The van der Waals surface area contributed by atoms with Crippen LogP contribution in [0.2, 0.25) is 0 Å². The van der Waals surface area contributed by atoms with Crippen LogP contribution in [-0.4, -0.2) is 13.7 Å². The zero-order chi connectivity index (χ0) is 9.84. The van der Waals surface area contributed by atoms with E-state index in [4.69, 9.17) is 16.2 Å². The molecule has 4 heteroatoms. The van der Waals surface area contributed by atoms with Crippen LogP contribution in [0.4, 0.5) is 10.1 Å². The summed E-state index contributed by atoms with van der Waals surface area (Å²) in [6.45, 7) is 0.394. The van der Waals surface area contributed by atoms with Crippen molar-refractivity contribution in [3.8, 4) is 0 Å². The third-order valence-electron chi connectivity index (χ3n) is 1.79. The summed E-state index contributed by atoms with van der Waals surface area (Å²) in [6, 6.07) is 4.18. The summed E-state index contributed by atoms with van der Waals surface area (Å²) >= 11 is 0. The van der Waals surface area contributed by atoms with Gasteiger partial charge < -0.3 is 16.2 Å². The second kappa shape index (κ2) is 4.20. The molecule has 0 spiro atoms. The number of nitrogen functional groups attached to an aromatic ring is 1. The molecule has 4 N–H and O–H groups in total. The number of methoxy groups -OCH3 is 1. The van der Waals surface area contributed by atoms with E-state index in [-0.39, 0.29) is 11.7 Å². The summed E-state index contributed by atoms with van der Waals surface area (Å²) in [5, 5.41) is 0. The first kappa shape index (κ1) is 9.95. The molecule has 1 atom stereocenters. The fraction of sp³-hybridized carbons (Fsp3) is 0.333. The Morgan fingerprint density at radius 1 is 1.54 bits per heavy atom. The van der Waals surface area contributed by atoms with Crippen LogP contribution in [-0.2, 0) is 4.74 Å². The molecule has 1 rings (SSSR count). The predicted octanol–water partition coefficient (Wildman–Crippen LogP) is 1.05. The van der Waals surface area contributed by atoms with Crippen LogP contribution in [0.3, 0.4) is 0 Å². The van der Waals surface area contributed by atoms with E-state index in [0.717, 1.165) is 5.56 Å². The zero-order valence-corrected chi connectivity index (χ0v) is 7.46. The second-order valence-electron chi connectivity index (χ2n) is 2.84. The van der Waals surface area contributed by atoms with Crippen LogP contribution in [0.5, 0.6) is 0 Å². The van der Waals surface area contributed by atoms with E-state index in [1.165, 1.54) is 12.1 Å². The van der Waals surface area contributed by atoms with Gasteiger partial charge in [-0.3, -0.25) is 0 Å². The average molecular weight is 184 g/mol. The van der Waals surface area contributed by atoms with E-state index in [2.05, 4.69) is 0 Å². The predicted molar refractivity (Wildman–Crippen MR) is 49.6 cm³/mol. The molecule has 0 aliphatic rings. The SMILES string of the molecule is COC[C@H](N)c1ccc(F)c(N)c1. The van der Waals surface area contributed by atoms with Gasteiger partial charge in [0.1, 0.15) is 5.82 Å². The Bertz CT molecular complexity index is 291. The highest BCUT2D eigenvalue weighted by atomic mass is 19.1. The third-order valence-corrected chi connectivity index (χ3v) is 1.79. The molecule has 0 aliphatic carbocycles. The van der Waals surface area contributed by atoms with E-state index < -0.39 is 5.82 Å². The monoisotopic (exact) mass is 184 g/mol. The second-order valence-corrected chi connectivity index (χ2v) is 2.84. The van der Waals surface area contributed by atoms with Crippen LogP contribution in [0, 0.1) is 5.82 Å². The molecule has 0 aliphatic heterocycles. The Kier molecular flexibility index (Phi) is 3.22. The van der Waals surface area contributed by atoms with Gasteiger partial charge in [0.2, 0.25) is 0 Å². The maximum atomic E-state index is 12.8. The summed E-state index contributed by atoms with van der Waals surface area (Å²) in [4.78, 5) is 0. The fourth-order valence-corrected chi connectivity index (χ4v) is 1.07. The molecular weight excluding hydrogens is 171 g/mol. The number of rotatable bonds is 3. The minimum atomic E-state index is -0.423. The molecule has 0 amide bonds. The Labute approximate surface area is 76.5 Å². The molecule has 0 radical (unpaired) electrons. The number of nitrogens with two attached hydrogens (primary N) is 2. The minimum absolute atomic E-state index is 0.115. The minimum Gasteiger partial charge on any atom is -0.396 e. The molecule has 72 valence electrons. The Balaban J connectivity index is 2.84. The van der Waals surface area contributed by atoms with Gasteiger partial charge >= 0.3 is 0 Å². The zero-order valence-electron chi connectivity index (χ0n) is 7.46. The number of hydrogen-bond acceptors (Lipinski definition) is 3. The van der Waals surface area contributed by atoms with Gasteiger partial charge in [-0.25, -0.2) is 4.39 Å². The smallest absolute Gasteiger partial charge is 0.146 e. The first-order valence-corrected chi connectivity index (χ1v) is 3.94. The van der Waals surface area contributed by atoms with Crippen molar-refractivity contribution in [2.24, 2.45) is 5.73 Å². The lowest BCUT2D eigenvalue weighted by molar-refractivity contribution is 0.181. The molecule has 13 heavy (non-hydrogen) atoms. The lowest BCUT2D eigenvalue weighted by atomic mass is 10.1. The van der Waals surface area contributed by atoms with Gasteiger partial charge in [-0.1, -0.05) is 6.07 Å². The van der Waals surface area contributed by atoms with Crippen molar-refractivity contribution in [3.63, 3.8) is 0 Å². The first-order chi connectivity index (χ1) is 6.15. The van der Waals surface area contributed by atoms with Crippen molar-refractivity contribution in [1.82, 2.24) is 0 Å². The van der Waals surface area contributed by atoms with Crippen LogP contribution in [0.1, 0.15) is 11.6 Å². The fourth-order valence-electron chi connectivity index (χ4n) is 1.07. The quantitative estimate of drug-likeness (QED) is 0.690. The van der Waals surface area contributed by atoms with Crippen molar-refractivity contribution in [2.45, 2.75) is 6.04 Å². The largest absolute Gasteiger partial charge is 0.396 e. The molecule has 0 heterocycles. The van der Waals surface area contributed by atoms with Gasteiger partial charge in [0.15, 0.2) is 0 Å². The highest BCUT2D eigenvalue weighted by Gasteiger charge is 2.07. The van der Waals surface area contributed by atoms with E-state index >= 15 is 0 Å².